The highest BCUT2D eigenvalue weighted by Gasteiger charge is 2.28. The van der Waals surface area contributed by atoms with Crippen LogP contribution in [0, 0.1) is 0 Å². The van der Waals surface area contributed by atoms with Crippen LogP contribution in [-0.2, 0) is 4.74 Å². The number of nitrogens with one attached hydrogen (secondary N) is 1. The summed E-state index contributed by atoms with van der Waals surface area (Å²) in [6, 6.07) is 1.16. The maximum absolute atomic E-state index is 9.49. The van der Waals surface area contributed by atoms with Crippen molar-refractivity contribution < 1.29 is 9.84 Å². The molecule has 0 aromatic rings. The second-order valence-electron chi connectivity index (χ2n) is 5.60. The number of ether oxygens (including phenoxy) is 1. The monoisotopic (exact) mass is 242 g/mol. The van der Waals surface area contributed by atoms with Gasteiger partial charge in [0.1, 0.15) is 0 Å². The summed E-state index contributed by atoms with van der Waals surface area (Å²) in [4.78, 5) is 2.46. The molecule has 17 heavy (non-hydrogen) atoms. The van der Waals surface area contributed by atoms with Crippen molar-refractivity contribution in [1.82, 2.24) is 10.2 Å². The Hall–Kier alpha value is -0.160. The van der Waals surface area contributed by atoms with E-state index in [4.69, 9.17) is 4.74 Å². The summed E-state index contributed by atoms with van der Waals surface area (Å²) in [5.74, 6) is 0. The molecular formula is C13H26N2O2. The molecule has 2 atom stereocenters. The van der Waals surface area contributed by atoms with Crippen LogP contribution >= 0.6 is 0 Å². The number of likely N-dealkylation sites (N-methyl/N-ethyl adjacent to an activating group) is 1. The average Bonchev–Trinajstić information content (AvgIpc) is 2.75. The first-order valence-electron chi connectivity index (χ1n) is 6.83. The van der Waals surface area contributed by atoms with Crippen LogP contribution in [-0.4, -0.2) is 61.5 Å². The van der Waals surface area contributed by atoms with Gasteiger partial charge in [0.25, 0.3) is 0 Å². The fourth-order valence-electron chi connectivity index (χ4n) is 3.16. The van der Waals surface area contributed by atoms with Crippen LogP contribution < -0.4 is 5.32 Å². The Balaban J connectivity index is 1.71. The van der Waals surface area contributed by atoms with Gasteiger partial charge >= 0.3 is 0 Å². The van der Waals surface area contributed by atoms with E-state index in [9.17, 15) is 5.11 Å². The molecule has 1 aliphatic carbocycles. The molecule has 2 fully saturated rings. The first-order valence-corrected chi connectivity index (χ1v) is 6.83. The van der Waals surface area contributed by atoms with Gasteiger partial charge in [-0.3, -0.25) is 0 Å². The molecule has 0 radical (unpaired) electrons. The lowest BCUT2D eigenvalue weighted by Gasteiger charge is -2.35. The summed E-state index contributed by atoms with van der Waals surface area (Å²) >= 11 is 0. The quantitative estimate of drug-likeness (QED) is 0.758. The summed E-state index contributed by atoms with van der Waals surface area (Å²) in [7, 11) is 4.03. The fraction of sp³-hybridized carbons (Fsp3) is 1.00. The van der Waals surface area contributed by atoms with Crippen LogP contribution in [0.4, 0.5) is 0 Å². The van der Waals surface area contributed by atoms with Crippen molar-refractivity contribution in [3.05, 3.63) is 0 Å². The topological polar surface area (TPSA) is 44.7 Å². The molecule has 0 unspecified atom stereocenters. The number of rotatable bonds is 4. The van der Waals surface area contributed by atoms with Crippen molar-refractivity contribution in [3.63, 3.8) is 0 Å². The second-order valence-corrected chi connectivity index (χ2v) is 5.60. The highest BCUT2D eigenvalue weighted by atomic mass is 16.5. The minimum absolute atomic E-state index is 0.141. The van der Waals surface area contributed by atoms with Gasteiger partial charge in [-0.25, -0.2) is 0 Å². The molecule has 2 aliphatic rings. The zero-order chi connectivity index (χ0) is 12.3. The lowest BCUT2D eigenvalue weighted by atomic mass is 9.92. The van der Waals surface area contributed by atoms with Gasteiger partial charge in [-0.15, -0.1) is 0 Å². The van der Waals surface area contributed by atoms with Gasteiger partial charge in [-0.2, -0.15) is 0 Å². The van der Waals surface area contributed by atoms with Gasteiger partial charge in [0.2, 0.25) is 0 Å². The largest absolute Gasteiger partial charge is 0.392 e. The summed E-state index contributed by atoms with van der Waals surface area (Å²) in [5.41, 5.74) is 0. The predicted molar refractivity (Wildman–Crippen MR) is 68.1 cm³/mol. The van der Waals surface area contributed by atoms with E-state index >= 15 is 0 Å². The number of hydrogen-bond donors (Lipinski definition) is 2. The Morgan fingerprint density at radius 2 is 2.00 bits per heavy atom. The first-order chi connectivity index (χ1) is 8.19. The van der Waals surface area contributed by atoms with Gasteiger partial charge in [0.15, 0.2) is 0 Å². The number of aliphatic hydroxyl groups is 1. The van der Waals surface area contributed by atoms with E-state index in [1.165, 1.54) is 25.7 Å². The molecule has 0 aromatic heterocycles. The van der Waals surface area contributed by atoms with Gasteiger partial charge in [0, 0.05) is 32.3 Å². The third-order valence-corrected chi connectivity index (χ3v) is 4.31. The zero-order valence-corrected chi connectivity index (χ0v) is 11.1. The number of nitrogens with zero attached hydrogens (tertiary/aromatic N) is 1. The molecular weight excluding hydrogens is 216 g/mol. The van der Waals surface area contributed by atoms with Crippen molar-refractivity contribution in [3.8, 4) is 0 Å². The number of hydrogen-bond acceptors (Lipinski definition) is 4. The molecule has 4 nitrogen and oxygen atoms in total. The molecule has 0 amide bonds. The van der Waals surface area contributed by atoms with Crippen molar-refractivity contribution >= 4 is 0 Å². The standard InChI is InChI=1S/C13H26N2O2/c1-15(9-10-7-12(16)8-14-10)11-3-5-13(17-2)6-4-11/h10-14,16H,3-9H2,1-2H3/t10-,11?,12+,13?/m0/s1. The molecule has 100 valence electrons. The molecule has 2 N–H and O–H groups in total. The fourth-order valence-corrected chi connectivity index (χ4v) is 3.16. The SMILES string of the molecule is COC1CCC(N(C)C[C@@H]2C[C@@H](O)CN2)CC1. The normalized spacial score (nSPS) is 38.8. The summed E-state index contributed by atoms with van der Waals surface area (Å²) < 4.78 is 5.40. The molecule has 0 aromatic carbocycles. The minimum Gasteiger partial charge on any atom is -0.392 e. The van der Waals surface area contributed by atoms with Crippen molar-refractivity contribution in [2.24, 2.45) is 0 Å². The lowest BCUT2D eigenvalue weighted by Crippen LogP contribution is -2.43. The maximum atomic E-state index is 9.49. The van der Waals surface area contributed by atoms with E-state index in [2.05, 4.69) is 17.3 Å². The van der Waals surface area contributed by atoms with E-state index < -0.39 is 0 Å². The highest BCUT2D eigenvalue weighted by molar-refractivity contribution is 4.86. The van der Waals surface area contributed by atoms with E-state index in [1.54, 1.807) is 0 Å². The van der Waals surface area contributed by atoms with Gasteiger partial charge in [0.05, 0.1) is 12.2 Å². The molecule has 0 spiro atoms. The first kappa shape index (κ1) is 13.3. The van der Waals surface area contributed by atoms with Crippen LogP contribution in [0.2, 0.25) is 0 Å². The van der Waals surface area contributed by atoms with Crippen LogP contribution in [0.25, 0.3) is 0 Å². The molecule has 1 saturated carbocycles. The Bertz CT molecular complexity index is 229. The maximum Gasteiger partial charge on any atom is 0.0680 e. The molecule has 1 aliphatic heterocycles. The third-order valence-electron chi connectivity index (χ3n) is 4.31. The van der Waals surface area contributed by atoms with Crippen molar-refractivity contribution in [2.75, 3.05) is 27.2 Å². The zero-order valence-electron chi connectivity index (χ0n) is 11.1. The third kappa shape index (κ3) is 3.65. The van der Waals surface area contributed by atoms with Gasteiger partial charge < -0.3 is 20.1 Å². The summed E-state index contributed by atoms with van der Waals surface area (Å²) in [6.45, 7) is 1.81. The van der Waals surface area contributed by atoms with Crippen LogP contribution in [0.1, 0.15) is 32.1 Å². The van der Waals surface area contributed by atoms with Crippen LogP contribution in [0.3, 0.4) is 0 Å². The van der Waals surface area contributed by atoms with E-state index in [0.717, 1.165) is 19.5 Å². The van der Waals surface area contributed by atoms with E-state index in [-0.39, 0.29) is 6.10 Å². The van der Waals surface area contributed by atoms with Crippen molar-refractivity contribution in [1.29, 1.82) is 0 Å². The highest BCUT2D eigenvalue weighted by Crippen LogP contribution is 2.24. The Labute approximate surface area is 104 Å². The molecule has 4 heteroatoms. The smallest absolute Gasteiger partial charge is 0.0680 e. The van der Waals surface area contributed by atoms with E-state index in [1.807, 2.05) is 7.11 Å². The molecule has 0 bridgehead atoms. The van der Waals surface area contributed by atoms with Crippen LogP contribution in [0.5, 0.6) is 0 Å². The molecule has 1 saturated heterocycles. The van der Waals surface area contributed by atoms with Crippen LogP contribution in [0.15, 0.2) is 0 Å². The lowest BCUT2D eigenvalue weighted by molar-refractivity contribution is 0.0425. The van der Waals surface area contributed by atoms with Gasteiger partial charge in [-0.1, -0.05) is 0 Å². The number of methoxy groups -OCH3 is 1. The number of aliphatic hydroxyl groups excluding tert-OH is 1. The Morgan fingerprint density at radius 3 is 2.53 bits per heavy atom. The Morgan fingerprint density at radius 1 is 1.29 bits per heavy atom. The molecule has 2 rings (SSSR count). The second kappa shape index (κ2) is 6.14. The number of β-amino-alcohol motifs (C(OH)–C–C–N with tert-alkyl or cyclic N) is 1. The average molecular weight is 242 g/mol. The predicted octanol–water partition coefficient (Wildman–Crippen LogP) is 0.599. The molecule has 1 heterocycles. The van der Waals surface area contributed by atoms with E-state index in [0.29, 0.717) is 18.2 Å². The Kier molecular flexibility index (Phi) is 4.79. The minimum atomic E-state index is -0.141. The van der Waals surface area contributed by atoms with Crippen molar-refractivity contribution in [2.45, 2.75) is 56.4 Å². The van der Waals surface area contributed by atoms with Gasteiger partial charge in [-0.05, 0) is 39.2 Å². The summed E-state index contributed by atoms with van der Waals surface area (Å²) in [6.07, 6.45) is 6.09. The summed E-state index contributed by atoms with van der Waals surface area (Å²) in [5, 5.41) is 12.9.